The lowest BCUT2D eigenvalue weighted by Crippen LogP contribution is -1.52. The average molecular weight is 149 g/mol. The van der Waals surface area contributed by atoms with Gasteiger partial charge in [-0.2, -0.15) is 0 Å². The van der Waals surface area contributed by atoms with Gasteiger partial charge in [0.25, 0.3) is 0 Å². The standard InChI is InChI=1S/C5H6ClOP/c1-5-2-3-8(6,7)4-5/h2-4H,1H3. The van der Waals surface area contributed by atoms with Gasteiger partial charge < -0.3 is 0 Å². The monoisotopic (exact) mass is 148 g/mol. The predicted molar refractivity (Wildman–Crippen MR) is 36.4 cm³/mol. The van der Waals surface area contributed by atoms with E-state index < -0.39 is 6.49 Å². The molecular formula is C5H6ClOP. The number of rotatable bonds is 0. The first kappa shape index (κ1) is 6.12. The first-order valence-corrected chi connectivity index (χ1v) is 5.03. The fourth-order valence-electron chi connectivity index (χ4n) is 0.583. The zero-order valence-electron chi connectivity index (χ0n) is 4.47. The zero-order valence-corrected chi connectivity index (χ0v) is 6.12. The molecule has 0 aliphatic carbocycles. The molecule has 0 saturated carbocycles. The minimum atomic E-state index is -2.47. The van der Waals surface area contributed by atoms with Crippen LogP contribution in [0.15, 0.2) is 23.3 Å². The molecule has 0 radical (unpaired) electrons. The summed E-state index contributed by atoms with van der Waals surface area (Å²) < 4.78 is 10.8. The maximum Gasteiger partial charge on any atom is 0.212 e. The minimum Gasteiger partial charge on any atom is -0.298 e. The third-order valence-electron chi connectivity index (χ3n) is 0.920. The van der Waals surface area contributed by atoms with E-state index in [0.717, 1.165) is 5.57 Å². The summed E-state index contributed by atoms with van der Waals surface area (Å²) in [4.78, 5) is 0. The van der Waals surface area contributed by atoms with Crippen LogP contribution in [-0.4, -0.2) is 0 Å². The SMILES string of the molecule is CC1=CP(=O)(Cl)C=C1. The summed E-state index contributed by atoms with van der Waals surface area (Å²) in [5.41, 5.74) is 0.989. The maximum absolute atomic E-state index is 10.8. The Morgan fingerprint density at radius 2 is 2.38 bits per heavy atom. The van der Waals surface area contributed by atoms with E-state index in [-0.39, 0.29) is 0 Å². The molecule has 0 N–H and O–H groups in total. The summed E-state index contributed by atoms with van der Waals surface area (Å²) in [7, 11) is 0. The van der Waals surface area contributed by atoms with Gasteiger partial charge in [-0.3, -0.25) is 4.57 Å². The molecule has 0 bridgehead atoms. The summed E-state index contributed by atoms with van der Waals surface area (Å²) in [6.45, 7) is -0.596. The third-order valence-corrected chi connectivity index (χ3v) is 2.87. The van der Waals surface area contributed by atoms with Crippen LogP contribution in [0.3, 0.4) is 0 Å². The number of hydrogen-bond acceptors (Lipinski definition) is 1. The van der Waals surface area contributed by atoms with Crippen molar-refractivity contribution in [2.24, 2.45) is 0 Å². The highest BCUT2D eigenvalue weighted by Crippen LogP contribution is 2.58. The van der Waals surface area contributed by atoms with E-state index in [2.05, 4.69) is 0 Å². The molecule has 1 heterocycles. The Morgan fingerprint density at radius 1 is 1.75 bits per heavy atom. The van der Waals surface area contributed by atoms with Gasteiger partial charge in [0.1, 0.15) is 0 Å². The summed E-state index contributed by atoms with van der Waals surface area (Å²) in [6.07, 6.45) is 1.77. The van der Waals surface area contributed by atoms with Crippen LogP contribution in [0.4, 0.5) is 0 Å². The van der Waals surface area contributed by atoms with Crippen LogP contribution >= 0.6 is 17.7 Å². The molecule has 0 fully saturated rings. The fraction of sp³-hybridized carbons (Fsp3) is 0.200. The van der Waals surface area contributed by atoms with Crippen LogP contribution < -0.4 is 0 Å². The maximum atomic E-state index is 10.8. The van der Waals surface area contributed by atoms with Crippen LogP contribution in [0, 0.1) is 0 Å². The van der Waals surface area contributed by atoms with Gasteiger partial charge in [-0.25, -0.2) is 0 Å². The lowest BCUT2D eigenvalue weighted by Gasteiger charge is -1.87. The molecule has 1 unspecified atom stereocenters. The van der Waals surface area contributed by atoms with Gasteiger partial charge in [-0.15, -0.1) is 0 Å². The predicted octanol–water partition coefficient (Wildman–Crippen LogP) is 2.93. The Bertz CT molecular complexity index is 204. The van der Waals surface area contributed by atoms with E-state index in [1.165, 1.54) is 0 Å². The van der Waals surface area contributed by atoms with Gasteiger partial charge in [0.15, 0.2) is 0 Å². The first-order chi connectivity index (χ1) is 3.60. The van der Waals surface area contributed by atoms with E-state index in [9.17, 15) is 4.57 Å². The second-order valence-electron chi connectivity index (χ2n) is 1.81. The fourth-order valence-corrected chi connectivity index (χ4v) is 2.38. The van der Waals surface area contributed by atoms with Crippen LogP contribution in [0.1, 0.15) is 6.92 Å². The average Bonchev–Trinajstić information content (AvgIpc) is 1.82. The highest BCUT2D eigenvalue weighted by molar-refractivity contribution is 7.94. The molecule has 0 aromatic heterocycles. The molecule has 0 aromatic carbocycles. The summed E-state index contributed by atoms with van der Waals surface area (Å²) in [5, 5.41) is 0. The molecule has 8 heavy (non-hydrogen) atoms. The molecule has 0 spiro atoms. The Kier molecular flexibility index (Phi) is 1.34. The number of halogens is 1. The Balaban J connectivity index is 3.01. The highest BCUT2D eigenvalue weighted by Gasteiger charge is 2.13. The van der Waals surface area contributed by atoms with Crippen molar-refractivity contribution in [3.63, 3.8) is 0 Å². The molecule has 1 aliphatic rings. The van der Waals surface area contributed by atoms with Crippen molar-refractivity contribution in [2.75, 3.05) is 0 Å². The highest BCUT2D eigenvalue weighted by atomic mass is 35.7. The van der Waals surface area contributed by atoms with Crippen LogP contribution in [0.25, 0.3) is 0 Å². The minimum absolute atomic E-state index is 0.989. The van der Waals surface area contributed by atoms with E-state index >= 15 is 0 Å². The van der Waals surface area contributed by atoms with E-state index in [1.807, 2.05) is 6.92 Å². The van der Waals surface area contributed by atoms with E-state index in [0.29, 0.717) is 0 Å². The molecular weight excluding hydrogens is 142 g/mol. The largest absolute Gasteiger partial charge is 0.298 e. The molecule has 0 saturated heterocycles. The van der Waals surface area contributed by atoms with Crippen molar-refractivity contribution in [1.29, 1.82) is 0 Å². The zero-order chi connectivity index (χ0) is 6.20. The Morgan fingerprint density at radius 3 is 2.50 bits per heavy atom. The lowest BCUT2D eigenvalue weighted by molar-refractivity contribution is 0.594. The smallest absolute Gasteiger partial charge is 0.212 e. The molecule has 3 heteroatoms. The Hall–Kier alpha value is -0.0000000000000000555. The number of hydrogen-bond donors (Lipinski definition) is 0. The van der Waals surface area contributed by atoms with Gasteiger partial charge in [-0.05, 0) is 35.4 Å². The molecule has 0 aromatic rings. The molecule has 1 rings (SSSR count). The topological polar surface area (TPSA) is 17.1 Å². The van der Waals surface area contributed by atoms with E-state index in [1.54, 1.807) is 17.7 Å². The van der Waals surface area contributed by atoms with Crippen molar-refractivity contribution in [1.82, 2.24) is 0 Å². The van der Waals surface area contributed by atoms with Crippen molar-refractivity contribution in [3.8, 4) is 0 Å². The third kappa shape index (κ3) is 1.24. The lowest BCUT2D eigenvalue weighted by atomic mass is 10.4. The van der Waals surface area contributed by atoms with Crippen molar-refractivity contribution >= 4 is 17.7 Å². The van der Waals surface area contributed by atoms with Crippen molar-refractivity contribution in [3.05, 3.63) is 23.3 Å². The van der Waals surface area contributed by atoms with Crippen molar-refractivity contribution < 1.29 is 4.57 Å². The molecule has 1 nitrogen and oxygen atoms in total. The van der Waals surface area contributed by atoms with Crippen LogP contribution in [-0.2, 0) is 4.57 Å². The van der Waals surface area contributed by atoms with Gasteiger partial charge in [-0.1, -0.05) is 6.08 Å². The van der Waals surface area contributed by atoms with Gasteiger partial charge >= 0.3 is 0 Å². The van der Waals surface area contributed by atoms with Crippen LogP contribution in [0.2, 0.25) is 0 Å². The first-order valence-electron chi connectivity index (χ1n) is 2.28. The van der Waals surface area contributed by atoms with Crippen LogP contribution in [0.5, 0.6) is 0 Å². The molecule has 1 aliphatic heterocycles. The normalized spacial score (nSPS) is 35.5. The summed E-state index contributed by atoms with van der Waals surface area (Å²) in [5.74, 6) is 3.14. The molecule has 0 amide bonds. The number of allylic oxidation sites excluding steroid dienone is 2. The second kappa shape index (κ2) is 1.75. The van der Waals surface area contributed by atoms with E-state index in [4.69, 9.17) is 11.2 Å². The summed E-state index contributed by atoms with van der Waals surface area (Å²) >= 11 is 5.45. The molecule has 1 atom stereocenters. The van der Waals surface area contributed by atoms with Gasteiger partial charge in [0.2, 0.25) is 6.49 Å². The quantitative estimate of drug-likeness (QED) is 0.483. The van der Waals surface area contributed by atoms with Crippen molar-refractivity contribution in [2.45, 2.75) is 6.92 Å². The van der Waals surface area contributed by atoms with Gasteiger partial charge in [0.05, 0.1) is 0 Å². The second-order valence-corrected chi connectivity index (χ2v) is 5.20. The Labute approximate surface area is 53.2 Å². The van der Waals surface area contributed by atoms with Gasteiger partial charge in [0, 0.05) is 0 Å². The molecule has 44 valence electrons. The summed E-state index contributed by atoms with van der Waals surface area (Å²) in [6, 6.07) is 0.